The van der Waals surface area contributed by atoms with E-state index in [-0.39, 0.29) is 12.1 Å². The molecule has 0 saturated carbocycles. The maximum absolute atomic E-state index is 12.5. The Morgan fingerprint density at radius 3 is 2.41 bits per heavy atom. The van der Waals surface area contributed by atoms with E-state index in [1.807, 2.05) is 0 Å². The third kappa shape index (κ3) is 4.00. The highest BCUT2D eigenvalue weighted by atomic mass is 79.9. The molecular weight excluding hydrogens is 412 g/mol. The van der Waals surface area contributed by atoms with Crippen molar-refractivity contribution >= 4 is 33.3 Å². The molecule has 8 heteroatoms. The topological polar surface area (TPSA) is 67.7 Å². The lowest BCUT2D eigenvalue weighted by Crippen LogP contribution is -2.47. The van der Waals surface area contributed by atoms with Crippen LogP contribution in [-0.2, 0) is 16.1 Å². The molecule has 0 atom stereocenters. The summed E-state index contributed by atoms with van der Waals surface area (Å²) in [6, 6.07) is 6.37. The van der Waals surface area contributed by atoms with Crippen LogP contribution in [0.15, 0.2) is 33.7 Å². The van der Waals surface area contributed by atoms with Gasteiger partial charge in [0.1, 0.15) is 11.0 Å². The zero-order valence-corrected chi connectivity index (χ0v) is 17.3. The number of carbonyl (C=O) groups excluding carboxylic acids is 1. The standard InChI is InChI=1S/C19H23BrN4O3/c1-13-5-4-6-15(14(13)2)22-7-9-23(10-8-22)16-11-21-24(12-17(25)27-3)19(26)18(16)20/h4-6,11H,7-10,12H2,1-3H3. The number of benzene rings is 1. The van der Waals surface area contributed by atoms with E-state index < -0.39 is 5.97 Å². The quantitative estimate of drug-likeness (QED) is 0.686. The normalized spacial score (nSPS) is 14.4. The van der Waals surface area contributed by atoms with E-state index in [0.29, 0.717) is 4.47 Å². The van der Waals surface area contributed by atoms with Gasteiger partial charge >= 0.3 is 5.97 Å². The molecule has 0 spiro atoms. The summed E-state index contributed by atoms with van der Waals surface area (Å²) >= 11 is 3.38. The summed E-state index contributed by atoms with van der Waals surface area (Å²) in [5.41, 5.74) is 4.27. The van der Waals surface area contributed by atoms with Crippen LogP contribution < -0.4 is 15.4 Å². The van der Waals surface area contributed by atoms with Gasteiger partial charge in [-0.2, -0.15) is 5.10 Å². The molecule has 2 aromatic rings. The first kappa shape index (κ1) is 19.4. The van der Waals surface area contributed by atoms with Crippen LogP contribution in [0.1, 0.15) is 11.1 Å². The average Bonchev–Trinajstić information content (AvgIpc) is 2.68. The van der Waals surface area contributed by atoms with Crippen molar-refractivity contribution in [3.63, 3.8) is 0 Å². The van der Waals surface area contributed by atoms with E-state index in [4.69, 9.17) is 0 Å². The van der Waals surface area contributed by atoms with Crippen LogP contribution in [0.2, 0.25) is 0 Å². The molecule has 7 nitrogen and oxygen atoms in total. The predicted octanol–water partition coefficient (Wildman–Crippen LogP) is 2.12. The van der Waals surface area contributed by atoms with Crippen molar-refractivity contribution in [3.8, 4) is 0 Å². The number of halogens is 1. The van der Waals surface area contributed by atoms with Crippen LogP contribution in [0.5, 0.6) is 0 Å². The van der Waals surface area contributed by atoms with Crippen LogP contribution in [0.4, 0.5) is 11.4 Å². The predicted molar refractivity (Wildman–Crippen MR) is 109 cm³/mol. The number of rotatable bonds is 4. The highest BCUT2D eigenvalue weighted by Gasteiger charge is 2.22. The summed E-state index contributed by atoms with van der Waals surface area (Å²) < 4.78 is 6.12. The number of hydrogen-bond donors (Lipinski definition) is 0. The first-order valence-corrected chi connectivity index (χ1v) is 9.60. The Morgan fingerprint density at radius 2 is 1.78 bits per heavy atom. The first-order valence-electron chi connectivity index (χ1n) is 8.81. The number of piperazine rings is 1. The minimum Gasteiger partial charge on any atom is -0.468 e. The second kappa shape index (κ2) is 8.12. The second-order valence-electron chi connectivity index (χ2n) is 6.58. The monoisotopic (exact) mass is 434 g/mol. The van der Waals surface area contributed by atoms with Gasteiger partial charge in [-0.05, 0) is 47.0 Å². The highest BCUT2D eigenvalue weighted by molar-refractivity contribution is 9.10. The van der Waals surface area contributed by atoms with E-state index in [0.717, 1.165) is 36.5 Å². The molecule has 0 radical (unpaired) electrons. The van der Waals surface area contributed by atoms with Gasteiger partial charge in [-0.15, -0.1) is 0 Å². The summed E-state index contributed by atoms with van der Waals surface area (Å²) in [6.07, 6.45) is 1.63. The van der Waals surface area contributed by atoms with Gasteiger partial charge in [-0.1, -0.05) is 12.1 Å². The molecule has 1 aliphatic rings. The van der Waals surface area contributed by atoms with Crippen LogP contribution in [0, 0.1) is 13.8 Å². The fraction of sp³-hybridized carbons (Fsp3) is 0.421. The highest BCUT2D eigenvalue weighted by Crippen LogP contribution is 2.27. The van der Waals surface area contributed by atoms with Crippen LogP contribution in [0.25, 0.3) is 0 Å². The molecule has 0 bridgehead atoms. The zero-order valence-electron chi connectivity index (χ0n) is 15.7. The van der Waals surface area contributed by atoms with Crippen molar-refractivity contribution in [1.82, 2.24) is 9.78 Å². The third-order valence-electron chi connectivity index (χ3n) is 5.01. The van der Waals surface area contributed by atoms with Crippen LogP contribution >= 0.6 is 15.9 Å². The molecule has 1 fully saturated rings. The maximum atomic E-state index is 12.5. The van der Waals surface area contributed by atoms with Gasteiger partial charge in [0.2, 0.25) is 0 Å². The zero-order chi connectivity index (χ0) is 19.6. The Morgan fingerprint density at radius 1 is 1.15 bits per heavy atom. The number of esters is 1. The first-order chi connectivity index (χ1) is 12.9. The maximum Gasteiger partial charge on any atom is 0.327 e. The van der Waals surface area contributed by atoms with Gasteiger partial charge in [0, 0.05) is 31.9 Å². The van der Waals surface area contributed by atoms with Crippen molar-refractivity contribution in [1.29, 1.82) is 0 Å². The molecule has 1 aromatic heterocycles. The van der Waals surface area contributed by atoms with Crippen molar-refractivity contribution in [2.45, 2.75) is 20.4 Å². The molecule has 1 aliphatic heterocycles. The Kier molecular flexibility index (Phi) is 5.84. The molecule has 144 valence electrons. The number of anilines is 2. The molecule has 1 saturated heterocycles. The van der Waals surface area contributed by atoms with E-state index in [1.165, 1.54) is 23.9 Å². The molecule has 2 heterocycles. The number of aromatic nitrogens is 2. The Hall–Kier alpha value is -2.35. The van der Waals surface area contributed by atoms with Crippen LogP contribution in [0.3, 0.4) is 0 Å². The molecule has 27 heavy (non-hydrogen) atoms. The summed E-state index contributed by atoms with van der Waals surface area (Å²) in [7, 11) is 1.28. The molecule has 3 rings (SSSR count). The van der Waals surface area contributed by atoms with Gasteiger partial charge in [0.05, 0.1) is 19.0 Å². The van der Waals surface area contributed by atoms with E-state index in [2.05, 4.69) is 67.6 Å². The molecule has 0 N–H and O–H groups in total. The third-order valence-corrected chi connectivity index (χ3v) is 5.76. The Bertz CT molecular complexity index is 904. The summed E-state index contributed by atoms with van der Waals surface area (Å²) in [4.78, 5) is 28.4. The van der Waals surface area contributed by atoms with Gasteiger partial charge in [0.25, 0.3) is 5.56 Å². The van der Waals surface area contributed by atoms with Crippen molar-refractivity contribution < 1.29 is 9.53 Å². The number of methoxy groups -OCH3 is 1. The summed E-state index contributed by atoms with van der Waals surface area (Å²) in [5, 5.41) is 4.12. The lowest BCUT2D eigenvalue weighted by molar-refractivity contribution is -0.141. The number of ether oxygens (including phenoxy) is 1. The molecular formula is C19H23BrN4O3. The second-order valence-corrected chi connectivity index (χ2v) is 7.37. The number of nitrogens with zero attached hydrogens (tertiary/aromatic N) is 4. The fourth-order valence-electron chi connectivity index (χ4n) is 3.24. The molecule has 1 aromatic carbocycles. The Balaban J connectivity index is 1.74. The average molecular weight is 435 g/mol. The minimum atomic E-state index is -0.508. The van der Waals surface area contributed by atoms with Gasteiger partial charge < -0.3 is 14.5 Å². The smallest absolute Gasteiger partial charge is 0.327 e. The summed E-state index contributed by atoms with van der Waals surface area (Å²) in [6.45, 7) is 7.38. The van der Waals surface area contributed by atoms with Crippen molar-refractivity contribution in [2.75, 3.05) is 43.1 Å². The van der Waals surface area contributed by atoms with Crippen molar-refractivity contribution in [2.24, 2.45) is 0 Å². The largest absolute Gasteiger partial charge is 0.468 e. The van der Waals surface area contributed by atoms with E-state index in [1.54, 1.807) is 6.20 Å². The van der Waals surface area contributed by atoms with E-state index in [9.17, 15) is 9.59 Å². The van der Waals surface area contributed by atoms with Gasteiger partial charge in [0.15, 0.2) is 0 Å². The molecule has 0 amide bonds. The van der Waals surface area contributed by atoms with E-state index >= 15 is 0 Å². The number of carbonyl (C=O) groups is 1. The van der Waals surface area contributed by atoms with Gasteiger partial charge in [-0.3, -0.25) is 9.59 Å². The molecule has 0 aliphatic carbocycles. The van der Waals surface area contributed by atoms with Crippen LogP contribution in [-0.4, -0.2) is 49.0 Å². The number of aryl methyl sites for hydroxylation is 1. The van der Waals surface area contributed by atoms with Crippen molar-refractivity contribution in [3.05, 3.63) is 50.3 Å². The SMILES string of the molecule is COC(=O)Cn1ncc(N2CCN(c3cccc(C)c3C)CC2)c(Br)c1=O. The minimum absolute atomic E-state index is 0.200. The summed E-state index contributed by atoms with van der Waals surface area (Å²) in [5.74, 6) is -0.508. The number of hydrogen-bond acceptors (Lipinski definition) is 6. The molecule has 0 unspecified atom stereocenters. The Labute approximate surface area is 166 Å². The van der Waals surface area contributed by atoms with Gasteiger partial charge in [-0.25, -0.2) is 4.68 Å². The lowest BCUT2D eigenvalue weighted by atomic mass is 10.1. The lowest BCUT2D eigenvalue weighted by Gasteiger charge is -2.38. The fourth-order valence-corrected chi connectivity index (χ4v) is 3.80.